The number of piperidine rings is 1. The van der Waals surface area contributed by atoms with Crippen molar-refractivity contribution < 1.29 is 4.79 Å². The summed E-state index contributed by atoms with van der Waals surface area (Å²) in [6, 6.07) is 3.74. The van der Waals surface area contributed by atoms with Crippen LogP contribution in [0.5, 0.6) is 0 Å². The number of aryl methyl sites for hydroxylation is 2. The fourth-order valence-corrected chi connectivity index (χ4v) is 3.68. The van der Waals surface area contributed by atoms with Crippen LogP contribution in [0.2, 0.25) is 0 Å². The smallest absolute Gasteiger partial charge is 0.316 e. The van der Waals surface area contributed by atoms with E-state index < -0.39 is 11.1 Å². The van der Waals surface area contributed by atoms with Crippen molar-refractivity contribution >= 4 is 28.3 Å². The van der Waals surface area contributed by atoms with Crippen molar-refractivity contribution in [1.29, 1.82) is 0 Å². The van der Waals surface area contributed by atoms with Crippen molar-refractivity contribution in [1.82, 2.24) is 9.13 Å². The van der Waals surface area contributed by atoms with E-state index in [1.807, 2.05) is 26.0 Å². The fourth-order valence-electron chi connectivity index (χ4n) is 3.68. The zero-order valence-corrected chi connectivity index (χ0v) is 16.5. The summed E-state index contributed by atoms with van der Waals surface area (Å²) in [7, 11) is 3.20. The van der Waals surface area contributed by atoms with Crippen molar-refractivity contribution in [3.05, 3.63) is 32.8 Å². The van der Waals surface area contributed by atoms with Gasteiger partial charge in [-0.3, -0.25) is 14.4 Å². The van der Waals surface area contributed by atoms with Crippen LogP contribution in [0.3, 0.4) is 0 Å². The monoisotopic (exact) mass is 372 g/mol. The number of carbonyl (C=O) groups is 1. The van der Waals surface area contributed by atoms with E-state index >= 15 is 0 Å². The molecule has 0 atom stereocenters. The van der Waals surface area contributed by atoms with Gasteiger partial charge in [-0.05, 0) is 37.3 Å². The molecule has 2 aromatic rings. The third kappa shape index (κ3) is 3.77. The SMILES string of the molecule is CC(C)CC(=O)Nc1cc2c(cc1N1CCCCC1)n(C)c(=O)c(=O)n2C. The highest BCUT2D eigenvalue weighted by atomic mass is 16.2. The molecule has 0 unspecified atom stereocenters. The Balaban J connectivity index is 2.19. The van der Waals surface area contributed by atoms with E-state index in [0.717, 1.165) is 31.6 Å². The Morgan fingerprint density at radius 2 is 1.56 bits per heavy atom. The molecular formula is C20H28N4O3. The normalized spacial score (nSPS) is 14.8. The van der Waals surface area contributed by atoms with Crippen LogP contribution in [-0.4, -0.2) is 28.1 Å². The highest BCUT2D eigenvalue weighted by Crippen LogP contribution is 2.32. The second-order valence-corrected chi connectivity index (χ2v) is 7.78. The molecule has 2 heterocycles. The van der Waals surface area contributed by atoms with E-state index in [1.54, 1.807) is 14.1 Å². The summed E-state index contributed by atoms with van der Waals surface area (Å²) in [5.41, 5.74) is 1.80. The van der Waals surface area contributed by atoms with E-state index in [0.29, 0.717) is 23.1 Å². The number of hydrogen-bond donors (Lipinski definition) is 1. The Morgan fingerprint density at radius 1 is 1.00 bits per heavy atom. The second-order valence-electron chi connectivity index (χ2n) is 7.78. The summed E-state index contributed by atoms with van der Waals surface area (Å²) in [5.74, 6) is 0.214. The van der Waals surface area contributed by atoms with Gasteiger partial charge in [-0.15, -0.1) is 0 Å². The summed E-state index contributed by atoms with van der Waals surface area (Å²) in [5, 5.41) is 3.03. The lowest BCUT2D eigenvalue weighted by molar-refractivity contribution is -0.116. The van der Waals surface area contributed by atoms with Crippen molar-refractivity contribution in [3.8, 4) is 0 Å². The van der Waals surface area contributed by atoms with Crippen LogP contribution >= 0.6 is 0 Å². The van der Waals surface area contributed by atoms with Crippen LogP contribution in [0.15, 0.2) is 21.7 Å². The predicted octanol–water partition coefficient (Wildman–Crippen LogP) is 2.21. The van der Waals surface area contributed by atoms with Gasteiger partial charge in [-0.1, -0.05) is 13.8 Å². The van der Waals surface area contributed by atoms with Crippen LogP contribution in [0.25, 0.3) is 11.0 Å². The van der Waals surface area contributed by atoms with Crippen molar-refractivity contribution in [2.24, 2.45) is 20.0 Å². The topological polar surface area (TPSA) is 76.3 Å². The van der Waals surface area contributed by atoms with Crippen LogP contribution in [-0.2, 0) is 18.9 Å². The van der Waals surface area contributed by atoms with Gasteiger partial charge in [0.2, 0.25) is 5.91 Å². The maximum Gasteiger partial charge on any atom is 0.316 e. The number of benzene rings is 1. The molecule has 1 aromatic carbocycles. The number of anilines is 2. The number of fused-ring (bicyclic) bond motifs is 1. The summed E-state index contributed by atoms with van der Waals surface area (Å²) in [6.45, 7) is 5.84. The molecule has 0 radical (unpaired) electrons. The molecule has 1 N–H and O–H groups in total. The zero-order valence-electron chi connectivity index (χ0n) is 16.5. The van der Waals surface area contributed by atoms with E-state index in [4.69, 9.17) is 0 Å². The highest BCUT2D eigenvalue weighted by molar-refractivity contribution is 5.98. The fraction of sp³-hybridized carbons (Fsp3) is 0.550. The minimum atomic E-state index is -0.574. The number of aromatic nitrogens is 2. The van der Waals surface area contributed by atoms with Gasteiger partial charge in [0.25, 0.3) is 0 Å². The molecule has 1 saturated heterocycles. The lowest BCUT2D eigenvalue weighted by Crippen LogP contribution is -2.39. The van der Waals surface area contributed by atoms with Gasteiger partial charge >= 0.3 is 11.1 Å². The van der Waals surface area contributed by atoms with Gasteiger partial charge in [0.1, 0.15) is 0 Å². The average molecular weight is 372 g/mol. The van der Waals surface area contributed by atoms with E-state index in [9.17, 15) is 14.4 Å². The molecule has 1 amide bonds. The molecule has 1 aliphatic rings. The molecule has 27 heavy (non-hydrogen) atoms. The standard InChI is InChI=1S/C20H28N4O3/c1-13(2)10-18(25)21-14-11-16-17(23(4)20(27)19(26)22(16)3)12-15(14)24-8-6-5-7-9-24/h11-13H,5-10H2,1-4H3,(H,21,25). The summed E-state index contributed by atoms with van der Waals surface area (Å²) < 4.78 is 2.75. The summed E-state index contributed by atoms with van der Waals surface area (Å²) in [6.07, 6.45) is 3.84. The molecule has 0 aliphatic carbocycles. The van der Waals surface area contributed by atoms with Crippen LogP contribution in [0, 0.1) is 5.92 Å². The predicted molar refractivity (Wildman–Crippen MR) is 109 cm³/mol. The van der Waals surface area contributed by atoms with Crippen molar-refractivity contribution in [2.45, 2.75) is 39.5 Å². The third-order valence-electron chi connectivity index (χ3n) is 5.17. The molecule has 3 rings (SSSR count). The van der Waals surface area contributed by atoms with Gasteiger partial charge in [0.05, 0.1) is 22.4 Å². The molecule has 0 spiro atoms. The molecule has 0 saturated carbocycles. The highest BCUT2D eigenvalue weighted by Gasteiger charge is 2.20. The molecule has 146 valence electrons. The summed E-state index contributed by atoms with van der Waals surface area (Å²) in [4.78, 5) is 39.1. The maximum absolute atomic E-state index is 12.4. The van der Waals surface area contributed by atoms with E-state index in [1.165, 1.54) is 15.6 Å². The first-order valence-corrected chi connectivity index (χ1v) is 9.58. The number of hydrogen-bond acceptors (Lipinski definition) is 4. The molecule has 1 aliphatic heterocycles. The van der Waals surface area contributed by atoms with Crippen molar-refractivity contribution in [3.63, 3.8) is 0 Å². The molecule has 0 bridgehead atoms. The lowest BCUT2D eigenvalue weighted by atomic mass is 10.1. The first-order valence-electron chi connectivity index (χ1n) is 9.58. The first kappa shape index (κ1) is 19.2. The van der Waals surface area contributed by atoms with Gasteiger partial charge in [-0.25, -0.2) is 0 Å². The molecule has 7 heteroatoms. The van der Waals surface area contributed by atoms with Crippen LogP contribution < -0.4 is 21.3 Å². The Morgan fingerprint density at radius 3 is 2.11 bits per heavy atom. The van der Waals surface area contributed by atoms with E-state index in [2.05, 4.69) is 10.2 Å². The van der Waals surface area contributed by atoms with Gasteiger partial charge in [0, 0.05) is 33.6 Å². The van der Waals surface area contributed by atoms with Gasteiger partial charge in [0.15, 0.2) is 0 Å². The first-order chi connectivity index (χ1) is 12.8. The Bertz CT molecular complexity index is 981. The summed E-state index contributed by atoms with van der Waals surface area (Å²) >= 11 is 0. The maximum atomic E-state index is 12.4. The van der Waals surface area contributed by atoms with Gasteiger partial charge < -0.3 is 19.4 Å². The lowest BCUT2D eigenvalue weighted by Gasteiger charge is -2.31. The largest absolute Gasteiger partial charge is 0.370 e. The van der Waals surface area contributed by atoms with Crippen LogP contribution in [0.1, 0.15) is 39.5 Å². The van der Waals surface area contributed by atoms with Crippen LogP contribution in [0.4, 0.5) is 11.4 Å². The third-order valence-corrected chi connectivity index (χ3v) is 5.17. The Labute approximate surface area is 158 Å². The minimum Gasteiger partial charge on any atom is -0.370 e. The molecule has 1 aromatic heterocycles. The molecular weight excluding hydrogens is 344 g/mol. The second kappa shape index (κ2) is 7.58. The number of nitrogens with one attached hydrogen (secondary N) is 1. The number of rotatable bonds is 4. The van der Waals surface area contributed by atoms with Crippen molar-refractivity contribution in [2.75, 3.05) is 23.3 Å². The van der Waals surface area contributed by atoms with Gasteiger partial charge in [-0.2, -0.15) is 0 Å². The Kier molecular flexibility index (Phi) is 5.39. The van der Waals surface area contributed by atoms with E-state index in [-0.39, 0.29) is 11.8 Å². The minimum absolute atomic E-state index is 0.0440. The number of carbonyl (C=O) groups excluding carboxylic acids is 1. The number of amides is 1. The Hall–Kier alpha value is -2.57. The molecule has 7 nitrogen and oxygen atoms in total. The average Bonchev–Trinajstić information content (AvgIpc) is 2.64. The molecule has 1 fully saturated rings. The zero-order chi connectivity index (χ0) is 19.7. The quantitative estimate of drug-likeness (QED) is 0.835. The number of nitrogens with zero attached hydrogens (tertiary/aromatic N) is 3.